The first-order valence-electron chi connectivity index (χ1n) is 7.80. The van der Waals surface area contributed by atoms with E-state index in [1.54, 1.807) is 24.3 Å². The van der Waals surface area contributed by atoms with E-state index in [1.165, 1.54) is 4.90 Å². The number of rotatable bonds is 7. The molecule has 2 rings (SSSR count). The summed E-state index contributed by atoms with van der Waals surface area (Å²) in [6.07, 6.45) is 0.132. The Bertz CT molecular complexity index is 599. The lowest BCUT2D eigenvalue weighted by atomic mass is 10.2. The Morgan fingerprint density at radius 2 is 2.08 bits per heavy atom. The second kappa shape index (κ2) is 8.89. The number of amides is 1. The molecule has 24 heavy (non-hydrogen) atoms. The summed E-state index contributed by atoms with van der Waals surface area (Å²) in [6, 6.07) is 10.0. The number of β-amino-alcohol motifs (C(OH)–C–C–N with tert-alkyl or cyclic N) is 1. The largest absolute Gasteiger partial charge is 0.484 e. The molecule has 128 valence electrons. The highest BCUT2D eigenvalue weighted by atomic mass is 16.5. The van der Waals surface area contributed by atoms with Crippen LogP contribution in [-0.4, -0.2) is 53.8 Å². The highest BCUT2D eigenvalue weighted by Crippen LogP contribution is 2.20. The van der Waals surface area contributed by atoms with Crippen LogP contribution in [0.4, 0.5) is 0 Å². The minimum Gasteiger partial charge on any atom is -0.484 e. The summed E-state index contributed by atoms with van der Waals surface area (Å²) in [7, 11) is 0. The van der Waals surface area contributed by atoms with Crippen LogP contribution in [0.15, 0.2) is 30.3 Å². The van der Waals surface area contributed by atoms with Crippen LogP contribution < -0.4 is 4.74 Å². The fourth-order valence-electron chi connectivity index (χ4n) is 2.48. The maximum absolute atomic E-state index is 12.3. The van der Waals surface area contributed by atoms with Gasteiger partial charge in [-0.25, -0.2) is 4.79 Å². The molecule has 0 aliphatic carbocycles. The van der Waals surface area contributed by atoms with Gasteiger partial charge in [-0.2, -0.15) is 5.26 Å². The molecule has 1 amide bonds. The monoisotopic (exact) mass is 332 g/mol. The molecule has 2 atom stereocenters. The summed E-state index contributed by atoms with van der Waals surface area (Å²) in [5.74, 6) is -0.381. The Labute approximate surface area is 140 Å². The van der Waals surface area contributed by atoms with E-state index in [9.17, 15) is 14.7 Å². The third kappa shape index (κ3) is 4.96. The lowest BCUT2D eigenvalue weighted by Gasteiger charge is -2.23. The number of nitriles is 1. The van der Waals surface area contributed by atoms with Crippen LogP contribution >= 0.6 is 0 Å². The Morgan fingerprint density at radius 1 is 1.33 bits per heavy atom. The molecule has 7 nitrogen and oxygen atoms in total. The molecular weight excluding hydrogens is 312 g/mol. The molecule has 1 aliphatic heterocycles. The number of para-hydroxylation sites is 1. The minimum atomic E-state index is -0.811. The molecule has 7 heteroatoms. The topological polar surface area (TPSA) is 99.9 Å². The third-order valence-corrected chi connectivity index (χ3v) is 3.65. The van der Waals surface area contributed by atoms with E-state index in [2.05, 4.69) is 0 Å². The van der Waals surface area contributed by atoms with Gasteiger partial charge in [0, 0.05) is 19.4 Å². The number of hydrogen-bond donors (Lipinski definition) is 1. The van der Waals surface area contributed by atoms with Crippen molar-refractivity contribution in [3.05, 3.63) is 30.3 Å². The zero-order valence-corrected chi connectivity index (χ0v) is 13.3. The molecule has 0 spiro atoms. The zero-order chi connectivity index (χ0) is 17.4. The van der Waals surface area contributed by atoms with Crippen LogP contribution in [-0.2, 0) is 14.3 Å². The number of unbranched alkanes of at least 4 members (excludes halogenated alkanes) is 1. The summed E-state index contributed by atoms with van der Waals surface area (Å²) in [4.78, 5) is 25.7. The van der Waals surface area contributed by atoms with Gasteiger partial charge in [0.15, 0.2) is 6.61 Å². The lowest BCUT2D eigenvalue weighted by molar-refractivity contribution is -0.154. The Kier molecular flexibility index (Phi) is 6.58. The average Bonchev–Trinajstić information content (AvgIpc) is 2.99. The molecule has 0 unspecified atom stereocenters. The van der Waals surface area contributed by atoms with Crippen molar-refractivity contribution in [3.63, 3.8) is 0 Å². The summed E-state index contributed by atoms with van der Waals surface area (Å²) < 4.78 is 10.5. The maximum atomic E-state index is 12.3. The van der Waals surface area contributed by atoms with Crippen LogP contribution in [0.25, 0.3) is 0 Å². The quantitative estimate of drug-likeness (QED) is 0.587. The molecule has 1 fully saturated rings. The van der Waals surface area contributed by atoms with E-state index in [4.69, 9.17) is 14.7 Å². The highest BCUT2D eigenvalue weighted by molar-refractivity contribution is 5.86. The smallest absolute Gasteiger partial charge is 0.328 e. The second-order valence-electron chi connectivity index (χ2n) is 5.48. The zero-order valence-electron chi connectivity index (χ0n) is 13.3. The summed E-state index contributed by atoms with van der Waals surface area (Å²) in [6.45, 7) is -0.00851. The van der Waals surface area contributed by atoms with Gasteiger partial charge in [0.2, 0.25) is 0 Å². The first-order valence-corrected chi connectivity index (χ1v) is 7.80. The molecule has 1 aromatic carbocycles. The van der Waals surface area contributed by atoms with E-state index in [0.29, 0.717) is 18.6 Å². The van der Waals surface area contributed by atoms with Gasteiger partial charge < -0.3 is 19.5 Å². The van der Waals surface area contributed by atoms with Gasteiger partial charge >= 0.3 is 5.97 Å². The van der Waals surface area contributed by atoms with E-state index >= 15 is 0 Å². The van der Waals surface area contributed by atoms with Crippen molar-refractivity contribution in [2.75, 3.05) is 19.8 Å². The Morgan fingerprint density at radius 3 is 2.79 bits per heavy atom. The van der Waals surface area contributed by atoms with Crippen molar-refractivity contribution in [2.24, 2.45) is 0 Å². The lowest BCUT2D eigenvalue weighted by Crippen LogP contribution is -2.43. The van der Waals surface area contributed by atoms with Crippen LogP contribution in [0.3, 0.4) is 0 Å². The maximum Gasteiger partial charge on any atom is 0.328 e. The molecule has 0 radical (unpaired) electrons. The predicted molar refractivity (Wildman–Crippen MR) is 83.9 cm³/mol. The van der Waals surface area contributed by atoms with E-state index in [0.717, 1.165) is 0 Å². The van der Waals surface area contributed by atoms with Gasteiger partial charge in [0.1, 0.15) is 11.8 Å². The molecule has 0 bridgehead atoms. The fourth-order valence-corrected chi connectivity index (χ4v) is 2.48. The molecule has 1 heterocycles. The van der Waals surface area contributed by atoms with Gasteiger partial charge in [0.05, 0.1) is 18.8 Å². The van der Waals surface area contributed by atoms with Crippen molar-refractivity contribution in [3.8, 4) is 11.8 Å². The standard InChI is InChI=1S/C17H20N2O5/c18-8-4-5-9-23-17(22)15-10-13(20)11-19(15)16(21)12-24-14-6-2-1-3-7-14/h1-3,6-7,13,15,20H,4-5,9-12H2/t13-,15-/m0/s1. The Hall–Kier alpha value is -2.59. The first kappa shape index (κ1) is 17.8. The normalized spacial score (nSPS) is 19.6. The second-order valence-corrected chi connectivity index (χ2v) is 5.48. The van der Waals surface area contributed by atoms with E-state index < -0.39 is 18.1 Å². The number of nitrogens with zero attached hydrogens (tertiary/aromatic N) is 2. The number of ether oxygens (including phenoxy) is 2. The number of benzene rings is 1. The van der Waals surface area contributed by atoms with Crippen LogP contribution in [0.5, 0.6) is 5.75 Å². The van der Waals surface area contributed by atoms with E-state index in [1.807, 2.05) is 12.1 Å². The minimum absolute atomic E-state index is 0.0783. The van der Waals surface area contributed by atoms with Gasteiger partial charge in [-0.05, 0) is 18.6 Å². The SMILES string of the molecule is N#CCCCOC(=O)[C@@H]1C[C@H](O)CN1C(=O)COc1ccccc1. The summed E-state index contributed by atoms with van der Waals surface area (Å²) in [5, 5.41) is 18.2. The fraction of sp³-hybridized carbons (Fsp3) is 0.471. The van der Waals surface area contributed by atoms with Gasteiger partial charge in [-0.3, -0.25) is 4.79 Å². The number of likely N-dealkylation sites (tertiary alicyclic amines) is 1. The number of aliphatic hydroxyl groups excluding tert-OH is 1. The van der Waals surface area contributed by atoms with Crippen molar-refractivity contribution in [1.82, 2.24) is 4.90 Å². The number of carbonyl (C=O) groups is 2. The van der Waals surface area contributed by atoms with Crippen molar-refractivity contribution < 1.29 is 24.2 Å². The average molecular weight is 332 g/mol. The van der Waals surface area contributed by atoms with Gasteiger partial charge in [-0.15, -0.1) is 0 Å². The van der Waals surface area contributed by atoms with Gasteiger partial charge in [0.25, 0.3) is 5.91 Å². The highest BCUT2D eigenvalue weighted by Gasteiger charge is 2.39. The number of esters is 1. The van der Waals surface area contributed by atoms with Crippen LogP contribution in [0.2, 0.25) is 0 Å². The molecule has 0 aromatic heterocycles. The third-order valence-electron chi connectivity index (χ3n) is 3.65. The summed E-state index contributed by atoms with van der Waals surface area (Å²) in [5.41, 5.74) is 0. The number of aliphatic hydroxyl groups is 1. The summed E-state index contributed by atoms with van der Waals surface area (Å²) >= 11 is 0. The molecule has 1 aliphatic rings. The molecule has 0 saturated carbocycles. The molecular formula is C17H20N2O5. The number of carbonyl (C=O) groups excluding carboxylic acids is 2. The van der Waals surface area contributed by atoms with Crippen molar-refractivity contribution in [1.29, 1.82) is 5.26 Å². The molecule has 1 saturated heterocycles. The van der Waals surface area contributed by atoms with Crippen LogP contribution in [0, 0.1) is 11.3 Å². The van der Waals surface area contributed by atoms with Crippen LogP contribution in [0.1, 0.15) is 19.3 Å². The molecule has 1 N–H and O–H groups in total. The predicted octanol–water partition coefficient (Wildman–Crippen LogP) is 0.874. The van der Waals surface area contributed by atoms with Crippen molar-refractivity contribution >= 4 is 11.9 Å². The van der Waals surface area contributed by atoms with Crippen molar-refractivity contribution in [2.45, 2.75) is 31.4 Å². The first-order chi connectivity index (χ1) is 11.6. The molecule has 1 aromatic rings. The Balaban J connectivity index is 1.87. The van der Waals surface area contributed by atoms with E-state index in [-0.39, 0.29) is 32.1 Å². The number of hydrogen-bond acceptors (Lipinski definition) is 6. The van der Waals surface area contributed by atoms with Gasteiger partial charge in [-0.1, -0.05) is 18.2 Å².